The van der Waals surface area contributed by atoms with Crippen LogP contribution in [-0.4, -0.2) is 10.8 Å². The Labute approximate surface area is 76.8 Å². The second-order valence-corrected chi connectivity index (χ2v) is 3.46. The molecule has 0 saturated heterocycles. The highest BCUT2D eigenvalue weighted by Crippen LogP contribution is 2.22. The Morgan fingerprint density at radius 1 is 1.54 bits per heavy atom. The summed E-state index contributed by atoms with van der Waals surface area (Å²) in [6.07, 6.45) is 1.45. The SMILES string of the molecule is CC(=O)c1ccnc(C(C)(C)F)c1. The van der Waals surface area contributed by atoms with Crippen LogP contribution in [0.4, 0.5) is 4.39 Å². The fourth-order valence-electron chi connectivity index (χ4n) is 0.975. The van der Waals surface area contributed by atoms with Gasteiger partial charge >= 0.3 is 0 Å². The number of carbonyl (C=O) groups is 1. The molecule has 1 aromatic rings. The van der Waals surface area contributed by atoms with Gasteiger partial charge in [0.05, 0.1) is 5.69 Å². The molecule has 0 saturated carbocycles. The lowest BCUT2D eigenvalue weighted by molar-refractivity contribution is 0.101. The summed E-state index contributed by atoms with van der Waals surface area (Å²) < 4.78 is 13.4. The molecule has 1 aromatic heterocycles. The fourth-order valence-corrected chi connectivity index (χ4v) is 0.975. The number of Topliss-reactive ketones (excluding diaryl/α,β-unsaturated/α-hetero) is 1. The lowest BCUT2D eigenvalue weighted by Gasteiger charge is -2.13. The number of carbonyl (C=O) groups excluding carboxylic acids is 1. The van der Waals surface area contributed by atoms with Crippen LogP contribution in [0.3, 0.4) is 0 Å². The Morgan fingerprint density at radius 2 is 2.15 bits per heavy atom. The highest BCUT2D eigenvalue weighted by molar-refractivity contribution is 5.94. The molecule has 0 spiro atoms. The van der Waals surface area contributed by atoms with Gasteiger partial charge in [0.25, 0.3) is 0 Å². The minimum atomic E-state index is -1.49. The first-order chi connectivity index (χ1) is 5.91. The maximum Gasteiger partial charge on any atom is 0.159 e. The van der Waals surface area contributed by atoms with Crippen LogP contribution in [0.2, 0.25) is 0 Å². The number of hydrogen-bond acceptors (Lipinski definition) is 2. The van der Waals surface area contributed by atoms with E-state index < -0.39 is 5.67 Å². The Kier molecular flexibility index (Phi) is 2.45. The number of aromatic nitrogens is 1. The number of pyridine rings is 1. The van der Waals surface area contributed by atoms with Gasteiger partial charge in [0, 0.05) is 11.8 Å². The molecule has 1 heterocycles. The normalized spacial score (nSPS) is 11.4. The van der Waals surface area contributed by atoms with Crippen molar-refractivity contribution in [3.8, 4) is 0 Å². The molecule has 0 N–H and O–H groups in total. The molecule has 3 heteroatoms. The van der Waals surface area contributed by atoms with Crippen molar-refractivity contribution in [1.29, 1.82) is 0 Å². The number of halogens is 1. The molecule has 0 atom stereocenters. The van der Waals surface area contributed by atoms with Gasteiger partial charge in [-0.25, -0.2) is 4.39 Å². The molecule has 0 radical (unpaired) electrons. The zero-order valence-electron chi connectivity index (χ0n) is 7.97. The molecular weight excluding hydrogens is 169 g/mol. The van der Waals surface area contributed by atoms with Crippen LogP contribution >= 0.6 is 0 Å². The van der Waals surface area contributed by atoms with E-state index in [9.17, 15) is 9.18 Å². The quantitative estimate of drug-likeness (QED) is 0.656. The van der Waals surface area contributed by atoms with E-state index in [2.05, 4.69) is 4.98 Å². The average Bonchev–Trinajstić information content (AvgIpc) is 2.03. The van der Waals surface area contributed by atoms with Crippen LogP contribution in [-0.2, 0) is 5.67 Å². The van der Waals surface area contributed by atoms with Crippen LogP contribution in [0.15, 0.2) is 18.3 Å². The third kappa shape index (κ3) is 2.34. The third-order valence-corrected chi connectivity index (χ3v) is 1.78. The molecular formula is C10H12FNO. The largest absolute Gasteiger partial charge is 0.295 e. The monoisotopic (exact) mass is 181 g/mol. The molecule has 0 fully saturated rings. The molecule has 0 aromatic carbocycles. The van der Waals surface area contributed by atoms with Crippen molar-refractivity contribution in [1.82, 2.24) is 4.98 Å². The first-order valence-electron chi connectivity index (χ1n) is 4.07. The van der Waals surface area contributed by atoms with Gasteiger partial charge in [0.15, 0.2) is 5.78 Å². The Bertz CT molecular complexity index is 328. The fraction of sp³-hybridized carbons (Fsp3) is 0.400. The van der Waals surface area contributed by atoms with Crippen LogP contribution in [0, 0.1) is 0 Å². The molecule has 0 aliphatic carbocycles. The highest BCUT2D eigenvalue weighted by atomic mass is 19.1. The first kappa shape index (κ1) is 9.84. The third-order valence-electron chi connectivity index (χ3n) is 1.78. The summed E-state index contributed by atoms with van der Waals surface area (Å²) in [5, 5.41) is 0. The summed E-state index contributed by atoms with van der Waals surface area (Å²) in [5.74, 6) is -0.0760. The predicted molar refractivity (Wildman–Crippen MR) is 48.4 cm³/mol. The van der Waals surface area contributed by atoms with Crippen molar-refractivity contribution in [3.63, 3.8) is 0 Å². The van der Waals surface area contributed by atoms with E-state index in [1.54, 1.807) is 6.07 Å². The van der Waals surface area contributed by atoms with Crippen LogP contribution in [0.5, 0.6) is 0 Å². The maximum absolute atomic E-state index is 13.4. The van der Waals surface area contributed by atoms with E-state index in [-0.39, 0.29) is 5.78 Å². The lowest BCUT2D eigenvalue weighted by Crippen LogP contribution is -2.12. The molecule has 2 nitrogen and oxygen atoms in total. The Morgan fingerprint density at radius 3 is 2.62 bits per heavy atom. The minimum absolute atomic E-state index is 0.0760. The van der Waals surface area contributed by atoms with Gasteiger partial charge in [-0.05, 0) is 32.9 Å². The number of rotatable bonds is 2. The molecule has 0 aliphatic rings. The Balaban J connectivity index is 3.13. The van der Waals surface area contributed by atoms with Crippen LogP contribution in [0.25, 0.3) is 0 Å². The predicted octanol–water partition coefficient (Wildman–Crippen LogP) is 2.49. The van der Waals surface area contributed by atoms with Crippen molar-refractivity contribution in [2.24, 2.45) is 0 Å². The summed E-state index contributed by atoms with van der Waals surface area (Å²) in [6, 6.07) is 3.07. The van der Waals surface area contributed by atoms with Gasteiger partial charge < -0.3 is 0 Å². The number of alkyl halides is 1. The smallest absolute Gasteiger partial charge is 0.159 e. The maximum atomic E-state index is 13.4. The summed E-state index contributed by atoms with van der Waals surface area (Å²) in [7, 11) is 0. The summed E-state index contributed by atoms with van der Waals surface area (Å²) >= 11 is 0. The van der Waals surface area contributed by atoms with Gasteiger partial charge in [-0.2, -0.15) is 0 Å². The van der Waals surface area contributed by atoms with Crippen molar-refractivity contribution in [2.75, 3.05) is 0 Å². The zero-order valence-corrected chi connectivity index (χ0v) is 7.97. The van der Waals surface area contributed by atoms with Gasteiger partial charge in [0.1, 0.15) is 5.67 Å². The first-order valence-corrected chi connectivity index (χ1v) is 4.07. The molecule has 0 amide bonds. The highest BCUT2D eigenvalue weighted by Gasteiger charge is 2.20. The molecule has 13 heavy (non-hydrogen) atoms. The van der Waals surface area contributed by atoms with Crippen molar-refractivity contribution in [3.05, 3.63) is 29.6 Å². The van der Waals surface area contributed by atoms with Gasteiger partial charge in [-0.15, -0.1) is 0 Å². The summed E-state index contributed by atoms with van der Waals surface area (Å²) in [6.45, 7) is 4.28. The average molecular weight is 181 g/mol. The van der Waals surface area contributed by atoms with Crippen LogP contribution < -0.4 is 0 Å². The molecule has 0 aliphatic heterocycles. The van der Waals surface area contributed by atoms with E-state index in [1.807, 2.05) is 0 Å². The second kappa shape index (κ2) is 3.24. The van der Waals surface area contributed by atoms with Gasteiger partial charge in [-0.3, -0.25) is 9.78 Å². The minimum Gasteiger partial charge on any atom is -0.295 e. The number of ketones is 1. The van der Waals surface area contributed by atoms with Crippen molar-refractivity contribution < 1.29 is 9.18 Å². The molecule has 0 bridgehead atoms. The van der Waals surface area contributed by atoms with Gasteiger partial charge in [-0.1, -0.05) is 0 Å². The van der Waals surface area contributed by atoms with E-state index in [0.29, 0.717) is 11.3 Å². The zero-order chi connectivity index (χ0) is 10.1. The van der Waals surface area contributed by atoms with E-state index in [4.69, 9.17) is 0 Å². The summed E-state index contributed by atoms with van der Waals surface area (Å²) in [5.41, 5.74) is -0.707. The number of nitrogens with zero attached hydrogens (tertiary/aromatic N) is 1. The molecule has 0 unspecified atom stereocenters. The van der Waals surface area contributed by atoms with Crippen LogP contribution in [0.1, 0.15) is 36.8 Å². The topological polar surface area (TPSA) is 30.0 Å². The Hall–Kier alpha value is -1.25. The second-order valence-electron chi connectivity index (χ2n) is 3.46. The standard InChI is InChI=1S/C10H12FNO/c1-7(13)8-4-5-12-9(6-8)10(2,3)11/h4-6H,1-3H3. The molecule has 1 rings (SSSR count). The van der Waals surface area contributed by atoms with Gasteiger partial charge in [0.2, 0.25) is 0 Å². The van der Waals surface area contributed by atoms with E-state index in [0.717, 1.165) is 0 Å². The number of hydrogen-bond donors (Lipinski definition) is 0. The summed E-state index contributed by atoms with van der Waals surface area (Å²) in [4.78, 5) is 14.8. The van der Waals surface area contributed by atoms with E-state index in [1.165, 1.54) is 33.0 Å². The van der Waals surface area contributed by atoms with E-state index >= 15 is 0 Å². The van der Waals surface area contributed by atoms with Crippen molar-refractivity contribution in [2.45, 2.75) is 26.4 Å². The molecule has 70 valence electrons. The lowest BCUT2D eigenvalue weighted by atomic mass is 10.0. The van der Waals surface area contributed by atoms with Crippen molar-refractivity contribution >= 4 is 5.78 Å².